The summed E-state index contributed by atoms with van der Waals surface area (Å²) in [5.41, 5.74) is 2.83. The Morgan fingerprint density at radius 2 is 1.62 bits per heavy atom. The first-order valence-electron chi connectivity index (χ1n) is 12.0. The Morgan fingerprint density at radius 1 is 0.946 bits per heavy atom. The molecule has 0 fully saturated rings. The molecule has 192 valence electrons. The van der Waals surface area contributed by atoms with Gasteiger partial charge in [0.15, 0.2) is 0 Å². The number of benzene rings is 3. The van der Waals surface area contributed by atoms with E-state index in [-0.39, 0.29) is 42.3 Å². The van der Waals surface area contributed by atoms with E-state index in [1.165, 1.54) is 24.1 Å². The van der Waals surface area contributed by atoms with E-state index in [1.54, 1.807) is 12.1 Å². The van der Waals surface area contributed by atoms with E-state index in [2.05, 4.69) is 5.32 Å². The number of hydrogen-bond acceptors (Lipinski definition) is 5. The molecule has 3 aromatic rings. The van der Waals surface area contributed by atoms with Crippen molar-refractivity contribution >= 4 is 27.7 Å². The zero-order valence-corrected chi connectivity index (χ0v) is 21.6. The predicted octanol–water partition coefficient (Wildman–Crippen LogP) is 2.92. The van der Waals surface area contributed by atoms with Crippen molar-refractivity contribution in [2.24, 2.45) is 0 Å². The van der Waals surface area contributed by atoms with Gasteiger partial charge in [0.2, 0.25) is 11.8 Å². The third-order valence-electron chi connectivity index (χ3n) is 6.39. The number of carbonyl (C=O) groups is 3. The Morgan fingerprint density at radius 3 is 2.30 bits per heavy atom. The number of hydrogen-bond donors (Lipinski definition) is 1. The topological polar surface area (TPSA) is 104 Å². The zero-order valence-electron chi connectivity index (χ0n) is 20.8. The fourth-order valence-corrected chi connectivity index (χ4v) is 6.09. The standard InChI is InChI=1S/C28H29N3O5S/c1-20-9-8-12-22(17-20)19-30(24(27(33)29-2)18-21-10-4-3-5-11-21)26(32)15-16-31-28(34)23-13-6-7-14-25(23)37(31,35)36/h3-14,17,24H,15-16,18-19H2,1-2H3,(H,29,33). The first kappa shape index (κ1) is 26.1. The fraction of sp³-hybridized carbons (Fsp3) is 0.250. The summed E-state index contributed by atoms with van der Waals surface area (Å²) in [7, 11) is -2.52. The van der Waals surface area contributed by atoms with E-state index in [4.69, 9.17) is 0 Å². The summed E-state index contributed by atoms with van der Waals surface area (Å²) in [6.07, 6.45) is 0.0253. The molecule has 1 aliphatic heterocycles. The van der Waals surface area contributed by atoms with E-state index in [9.17, 15) is 22.8 Å². The molecule has 1 heterocycles. The molecular weight excluding hydrogens is 490 g/mol. The quantitative estimate of drug-likeness (QED) is 0.468. The van der Waals surface area contributed by atoms with E-state index in [0.717, 1.165) is 21.0 Å². The summed E-state index contributed by atoms with van der Waals surface area (Å²) in [5.74, 6) is -1.41. The number of aryl methyl sites for hydroxylation is 1. The summed E-state index contributed by atoms with van der Waals surface area (Å²) < 4.78 is 26.6. The molecule has 0 saturated heterocycles. The Kier molecular flexibility index (Phi) is 7.73. The number of rotatable bonds is 9. The van der Waals surface area contributed by atoms with Crippen LogP contribution in [-0.2, 0) is 32.6 Å². The molecule has 1 unspecified atom stereocenters. The molecule has 0 radical (unpaired) electrons. The van der Waals surface area contributed by atoms with Gasteiger partial charge in [-0.2, -0.15) is 0 Å². The first-order chi connectivity index (χ1) is 17.7. The van der Waals surface area contributed by atoms with Gasteiger partial charge in [-0.15, -0.1) is 0 Å². The predicted molar refractivity (Wildman–Crippen MR) is 139 cm³/mol. The van der Waals surface area contributed by atoms with Crippen molar-refractivity contribution in [3.8, 4) is 0 Å². The van der Waals surface area contributed by atoms with E-state index >= 15 is 0 Å². The Hall–Kier alpha value is -3.98. The van der Waals surface area contributed by atoms with Crippen molar-refractivity contribution in [2.45, 2.75) is 37.2 Å². The largest absolute Gasteiger partial charge is 0.357 e. The third-order valence-corrected chi connectivity index (χ3v) is 8.23. The summed E-state index contributed by atoms with van der Waals surface area (Å²) >= 11 is 0. The maximum Gasteiger partial charge on any atom is 0.269 e. The summed E-state index contributed by atoms with van der Waals surface area (Å²) in [6, 6.07) is 22.2. The highest BCUT2D eigenvalue weighted by Crippen LogP contribution is 2.30. The minimum Gasteiger partial charge on any atom is -0.357 e. The van der Waals surface area contributed by atoms with Crippen LogP contribution in [-0.4, -0.2) is 55.0 Å². The maximum absolute atomic E-state index is 13.6. The molecule has 1 N–H and O–H groups in total. The molecule has 3 aromatic carbocycles. The molecule has 0 saturated carbocycles. The molecule has 1 atom stereocenters. The number of amides is 3. The van der Waals surface area contributed by atoms with Gasteiger partial charge in [0.1, 0.15) is 10.9 Å². The second kappa shape index (κ2) is 11.0. The highest BCUT2D eigenvalue weighted by Gasteiger charge is 2.41. The maximum atomic E-state index is 13.6. The molecule has 0 bridgehead atoms. The lowest BCUT2D eigenvalue weighted by atomic mass is 10.0. The number of nitrogens with one attached hydrogen (secondary N) is 1. The van der Waals surface area contributed by atoms with E-state index in [1.807, 2.05) is 61.5 Å². The van der Waals surface area contributed by atoms with Gasteiger partial charge in [0, 0.05) is 33.0 Å². The average Bonchev–Trinajstić information content (AvgIpc) is 3.09. The number of nitrogens with zero attached hydrogens (tertiary/aromatic N) is 2. The van der Waals surface area contributed by atoms with Crippen LogP contribution in [0.4, 0.5) is 0 Å². The number of likely N-dealkylation sites (N-methyl/N-ethyl adjacent to an activating group) is 1. The van der Waals surface area contributed by atoms with Gasteiger partial charge in [-0.25, -0.2) is 12.7 Å². The molecule has 8 nitrogen and oxygen atoms in total. The van der Waals surface area contributed by atoms with Gasteiger partial charge >= 0.3 is 0 Å². The Balaban J connectivity index is 1.61. The van der Waals surface area contributed by atoms with Crippen LogP contribution in [0.15, 0.2) is 83.8 Å². The highest BCUT2D eigenvalue weighted by molar-refractivity contribution is 7.90. The number of fused-ring (bicyclic) bond motifs is 1. The fourth-order valence-electron chi connectivity index (χ4n) is 4.52. The lowest BCUT2D eigenvalue weighted by Gasteiger charge is -2.31. The molecule has 0 spiro atoms. The molecule has 9 heteroatoms. The second-order valence-electron chi connectivity index (χ2n) is 8.96. The monoisotopic (exact) mass is 519 g/mol. The summed E-state index contributed by atoms with van der Waals surface area (Å²) in [6.45, 7) is 1.79. The van der Waals surface area contributed by atoms with Crippen molar-refractivity contribution in [3.63, 3.8) is 0 Å². The lowest BCUT2D eigenvalue weighted by molar-refractivity contribution is -0.141. The molecule has 0 aliphatic carbocycles. The molecule has 37 heavy (non-hydrogen) atoms. The van der Waals surface area contributed by atoms with Crippen LogP contribution in [0.3, 0.4) is 0 Å². The molecule has 4 rings (SSSR count). The zero-order chi connectivity index (χ0) is 26.6. The van der Waals surface area contributed by atoms with Crippen LogP contribution in [0.1, 0.15) is 33.5 Å². The van der Waals surface area contributed by atoms with Gasteiger partial charge in [0.25, 0.3) is 15.9 Å². The third kappa shape index (κ3) is 5.56. The average molecular weight is 520 g/mol. The SMILES string of the molecule is CNC(=O)C(Cc1ccccc1)N(Cc1cccc(C)c1)C(=O)CCN1C(=O)c2ccccc2S1(=O)=O. The van der Waals surface area contributed by atoms with Crippen molar-refractivity contribution in [1.82, 2.24) is 14.5 Å². The minimum absolute atomic E-state index is 0.0589. The van der Waals surface area contributed by atoms with Crippen molar-refractivity contribution in [3.05, 3.63) is 101 Å². The molecule has 3 amide bonds. The van der Waals surface area contributed by atoms with Crippen molar-refractivity contribution < 1.29 is 22.8 Å². The summed E-state index contributed by atoms with van der Waals surface area (Å²) in [5, 5.41) is 2.65. The minimum atomic E-state index is -4.04. The van der Waals surface area contributed by atoms with Crippen LogP contribution in [0.25, 0.3) is 0 Å². The van der Waals surface area contributed by atoms with Gasteiger partial charge in [-0.05, 0) is 30.2 Å². The molecule has 0 aromatic heterocycles. The van der Waals surface area contributed by atoms with Gasteiger partial charge in [0.05, 0.1) is 5.56 Å². The van der Waals surface area contributed by atoms with E-state index in [0.29, 0.717) is 0 Å². The van der Waals surface area contributed by atoms with E-state index < -0.39 is 27.9 Å². The van der Waals surface area contributed by atoms with Crippen molar-refractivity contribution in [1.29, 1.82) is 0 Å². The molecular formula is C28H29N3O5S. The second-order valence-corrected chi connectivity index (χ2v) is 10.8. The van der Waals surface area contributed by atoms with Crippen LogP contribution in [0.5, 0.6) is 0 Å². The van der Waals surface area contributed by atoms with Crippen LogP contribution in [0, 0.1) is 6.92 Å². The normalized spacial score (nSPS) is 14.6. The Labute approximate surface area is 217 Å². The van der Waals surface area contributed by atoms with Gasteiger partial charge in [-0.1, -0.05) is 72.3 Å². The smallest absolute Gasteiger partial charge is 0.269 e. The number of sulfonamides is 1. The van der Waals surface area contributed by atoms with Crippen molar-refractivity contribution in [2.75, 3.05) is 13.6 Å². The van der Waals surface area contributed by atoms with Crippen LogP contribution < -0.4 is 5.32 Å². The highest BCUT2D eigenvalue weighted by atomic mass is 32.2. The summed E-state index contributed by atoms with van der Waals surface area (Å²) in [4.78, 5) is 40.9. The van der Waals surface area contributed by atoms with Gasteiger partial charge < -0.3 is 10.2 Å². The Bertz CT molecular complexity index is 1420. The molecule has 1 aliphatic rings. The van der Waals surface area contributed by atoms with Crippen LogP contribution >= 0.6 is 0 Å². The lowest BCUT2D eigenvalue weighted by Crippen LogP contribution is -2.50. The first-order valence-corrected chi connectivity index (χ1v) is 13.4. The number of carbonyl (C=O) groups excluding carboxylic acids is 3. The van der Waals surface area contributed by atoms with Crippen LogP contribution in [0.2, 0.25) is 0 Å². The van der Waals surface area contributed by atoms with Gasteiger partial charge in [-0.3, -0.25) is 14.4 Å².